The molecule has 0 spiro atoms. The molecule has 0 amide bonds. The lowest BCUT2D eigenvalue weighted by Gasteiger charge is -2.26. The molecule has 202 valence electrons. The highest BCUT2D eigenvalue weighted by Gasteiger charge is 2.32. The van der Waals surface area contributed by atoms with Crippen molar-refractivity contribution in [3.63, 3.8) is 0 Å². The Kier molecular flexibility index (Phi) is 13.2. The highest BCUT2D eigenvalue weighted by Crippen LogP contribution is 2.31. The fraction of sp³-hybridized carbons (Fsp3) is 0.600. The Morgan fingerprint density at radius 2 is 1.22 bits per heavy atom. The molecule has 1 saturated carbocycles. The minimum absolute atomic E-state index is 0.109. The average molecular weight is 503 g/mol. The molecule has 2 heteroatoms. The lowest BCUT2D eigenvalue weighted by atomic mass is 9.76. The van der Waals surface area contributed by atoms with Gasteiger partial charge in [-0.05, 0) is 53.9 Å². The molecule has 37 heavy (non-hydrogen) atoms. The van der Waals surface area contributed by atoms with Gasteiger partial charge in [-0.1, -0.05) is 133 Å². The summed E-state index contributed by atoms with van der Waals surface area (Å²) in [6.45, 7) is 4.50. The highest BCUT2D eigenvalue weighted by atomic mass is 16.1. The van der Waals surface area contributed by atoms with Crippen LogP contribution in [0, 0.1) is 11.8 Å². The van der Waals surface area contributed by atoms with Crippen LogP contribution in [-0.2, 0) is 22.4 Å². The van der Waals surface area contributed by atoms with E-state index >= 15 is 0 Å². The molecule has 0 heterocycles. The van der Waals surface area contributed by atoms with Gasteiger partial charge in [0, 0.05) is 12.8 Å². The summed E-state index contributed by atoms with van der Waals surface area (Å²) < 4.78 is 0. The monoisotopic (exact) mass is 502 g/mol. The van der Waals surface area contributed by atoms with E-state index in [0.717, 1.165) is 31.2 Å². The minimum Gasteiger partial charge on any atom is -0.299 e. The average Bonchev–Trinajstić information content (AvgIpc) is 2.91. The van der Waals surface area contributed by atoms with Crippen molar-refractivity contribution in [1.29, 1.82) is 0 Å². The Morgan fingerprint density at radius 3 is 1.81 bits per heavy atom. The third-order valence-corrected chi connectivity index (χ3v) is 8.29. The number of benzene rings is 2. The summed E-state index contributed by atoms with van der Waals surface area (Å²) in [5.41, 5.74) is 4.82. The zero-order valence-electron chi connectivity index (χ0n) is 23.6. The van der Waals surface area contributed by atoms with E-state index in [1.807, 2.05) is 0 Å². The lowest BCUT2D eigenvalue weighted by molar-refractivity contribution is -0.135. The van der Waals surface area contributed by atoms with Crippen molar-refractivity contribution in [2.75, 3.05) is 0 Å². The number of carbonyl (C=O) groups excluding carboxylic acids is 2. The standard InChI is InChI=1S/C35H50O2/c1-3-5-7-9-11-12-14-28-16-21-31(22-17-28)32-23-18-30(19-24-32)27-35(37)33-25-20-29(26-34(33)36)15-13-10-8-6-4-2/h16-19,21-24,29,33H,3-15,20,25-27H2,1-2H3. The van der Waals surface area contributed by atoms with E-state index in [9.17, 15) is 9.59 Å². The number of Topliss-reactive ketones (excluding diaryl/α,β-unsaturated/α-hetero) is 2. The summed E-state index contributed by atoms with van der Waals surface area (Å²) in [5.74, 6) is 0.413. The van der Waals surface area contributed by atoms with Crippen molar-refractivity contribution in [3.8, 4) is 11.1 Å². The van der Waals surface area contributed by atoms with E-state index in [2.05, 4.69) is 62.4 Å². The number of unbranched alkanes of at least 4 members (excludes halogenated alkanes) is 9. The van der Waals surface area contributed by atoms with E-state index in [0.29, 0.717) is 18.8 Å². The summed E-state index contributed by atoms with van der Waals surface area (Å²) in [7, 11) is 0. The van der Waals surface area contributed by atoms with Gasteiger partial charge in [-0.15, -0.1) is 0 Å². The maximum Gasteiger partial charge on any atom is 0.147 e. The van der Waals surface area contributed by atoms with Crippen molar-refractivity contribution >= 4 is 11.6 Å². The normalized spacial score (nSPS) is 17.7. The Hall–Kier alpha value is -2.22. The lowest BCUT2D eigenvalue weighted by Crippen LogP contribution is -2.32. The quantitative estimate of drug-likeness (QED) is 0.159. The first-order valence-corrected chi connectivity index (χ1v) is 15.3. The smallest absolute Gasteiger partial charge is 0.147 e. The van der Waals surface area contributed by atoms with Crippen molar-refractivity contribution in [2.24, 2.45) is 11.8 Å². The molecule has 0 aliphatic heterocycles. The van der Waals surface area contributed by atoms with Crippen LogP contribution in [0.1, 0.15) is 121 Å². The van der Waals surface area contributed by atoms with Gasteiger partial charge in [0.25, 0.3) is 0 Å². The molecule has 0 aromatic heterocycles. The van der Waals surface area contributed by atoms with Gasteiger partial charge in [0.1, 0.15) is 11.6 Å². The van der Waals surface area contributed by atoms with Crippen LogP contribution >= 0.6 is 0 Å². The fourth-order valence-corrected chi connectivity index (χ4v) is 5.83. The Balaban J connectivity index is 1.41. The summed E-state index contributed by atoms with van der Waals surface area (Å²) in [5, 5.41) is 0. The maximum absolute atomic E-state index is 12.9. The van der Waals surface area contributed by atoms with Gasteiger partial charge >= 0.3 is 0 Å². The molecule has 0 saturated heterocycles. The molecule has 1 fully saturated rings. The molecule has 0 bridgehead atoms. The van der Waals surface area contributed by atoms with Gasteiger partial charge in [-0.25, -0.2) is 0 Å². The van der Waals surface area contributed by atoms with Crippen LogP contribution in [0.3, 0.4) is 0 Å². The molecule has 2 atom stereocenters. The van der Waals surface area contributed by atoms with E-state index < -0.39 is 0 Å². The Labute approximate surface area is 226 Å². The van der Waals surface area contributed by atoms with Gasteiger partial charge in [-0.2, -0.15) is 0 Å². The number of aryl methyl sites for hydroxylation is 1. The molecule has 1 aliphatic rings. The predicted octanol–water partition coefficient (Wildman–Crippen LogP) is 9.71. The number of hydrogen-bond acceptors (Lipinski definition) is 2. The Morgan fingerprint density at radius 1 is 0.676 bits per heavy atom. The van der Waals surface area contributed by atoms with Gasteiger partial charge < -0.3 is 0 Å². The van der Waals surface area contributed by atoms with Crippen molar-refractivity contribution < 1.29 is 9.59 Å². The summed E-state index contributed by atoms with van der Waals surface area (Å²) in [4.78, 5) is 25.7. The van der Waals surface area contributed by atoms with E-state index in [1.165, 1.54) is 87.3 Å². The molecular formula is C35H50O2. The predicted molar refractivity (Wildman–Crippen MR) is 157 cm³/mol. The van der Waals surface area contributed by atoms with Crippen LogP contribution in [0.15, 0.2) is 48.5 Å². The molecule has 0 N–H and O–H groups in total. The zero-order chi connectivity index (χ0) is 26.3. The van der Waals surface area contributed by atoms with E-state index in [1.54, 1.807) is 0 Å². The van der Waals surface area contributed by atoms with Gasteiger partial charge in [0.2, 0.25) is 0 Å². The van der Waals surface area contributed by atoms with Crippen LogP contribution in [0.4, 0.5) is 0 Å². The maximum atomic E-state index is 12.9. The minimum atomic E-state index is -0.379. The molecule has 0 radical (unpaired) electrons. The van der Waals surface area contributed by atoms with Crippen LogP contribution in [-0.4, -0.2) is 11.6 Å². The van der Waals surface area contributed by atoms with Crippen LogP contribution in [0.2, 0.25) is 0 Å². The van der Waals surface area contributed by atoms with E-state index in [4.69, 9.17) is 0 Å². The summed E-state index contributed by atoms with van der Waals surface area (Å²) >= 11 is 0. The number of rotatable bonds is 17. The molecule has 2 nitrogen and oxygen atoms in total. The van der Waals surface area contributed by atoms with Gasteiger partial charge in [0.05, 0.1) is 5.92 Å². The van der Waals surface area contributed by atoms with Gasteiger partial charge in [-0.3, -0.25) is 9.59 Å². The first kappa shape index (κ1) is 29.3. The fourth-order valence-electron chi connectivity index (χ4n) is 5.83. The van der Waals surface area contributed by atoms with Crippen LogP contribution in [0.25, 0.3) is 11.1 Å². The molecule has 2 unspecified atom stereocenters. The molecular weight excluding hydrogens is 452 g/mol. The Bertz CT molecular complexity index is 925. The summed E-state index contributed by atoms with van der Waals surface area (Å²) in [6, 6.07) is 17.3. The molecule has 1 aliphatic carbocycles. The zero-order valence-corrected chi connectivity index (χ0v) is 23.6. The second-order valence-electron chi connectivity index (χ2n) is 11.4. The second-order valence-corrected chi connectivity index (χ2v) is 11.4. The molecule has 2 aromatic rings. The highest BCUT2D eigenvalue weighted by molar-refractivity contribution is 6.03. The third kappa shape index (κ3) is 10.2. The largest absolute Gasteiger partial charge is 0.299 e. The number of carbonyl (C=O) groups is 2. The second kappa shape index (κ2) is 16.6. The van der Waals surface area contributed by atoms with Gasteiger partial charge in [0.15, 0.2) is 0 Å². The SMILES string of the molecule is CCCCCCCCc1ccc(-c2ccc(CC(=O)C3CCC(CCCCCCC)CC3=O)cc2)cc1. The van der Waals surface area contributed by atoms with Crippen molar-refractivity contribution in [1.82, 2.24) is 0 Å². The summed E-state index contributed by atoms with van der Waals surface area (Å²) in [6.07, 6.45) is 19.5. The van der Waals surface area contributed by atoms with Crippen molar-refractivity contribution in [3.05, 3.63) is 59.7 Å². The first-order chi connectivity index (χ1) is 18.1. The number of ketones is 2. The topological polar surface area (TPSA) is 34.1 Å². The van der Waals surface area contributed by atoms with Crippen molar-refractivity contribution in [2.45, 2.75) is 123 Å². The molecule has 2 aromatic carbocycles. The van der Waals surface area contributed by atoms with Crippen LogP contribution in [0.5, 0.6) is 0 Å². The molecule has 3 rings (SSSR count). The van der Waals surface area contributed by atoms with E-state index in [-0.39, 0.29) is 17.5 Å². The number of hydrogen-bond donors (Lipinski definition) is 0. The third-order valence-electron chi connectivity index (χ3n) is 8.29. The first-order valence-electron chi connectivity index (χ1n) is 15.3. The van der Waals surface area contributed by atoms with Crippen LogP contribution < -0.4 is 0 Å².